The monoisotopic (exact) mass is 191 g/mol. The first-order valence-electron chi connectivity index (χ1n) is 4.96. The van der Waals surface area contributed by atoms with Crippen LogP contribution in [0.4, 0.5) is 8.78 Å². The van der Waals surface area contributed by atoms with Crippen molar-refractivity contribution in [1.82, 2.24) is 4.90 Å². The highest BCUT2D eigenvalue weighted by atomic mass is 19.3. The van der Waals surface area contributed by atoms with Crippen LogP contribution in [0.1, 0.15) is 26.7 Å². The minimum atomic E-state index is -2.15. The van der Waals surface area contributed by atoms with E-state index in [0.717, 1.165) is 19.5 Å². The Hall–Kier alpha value is -0.180. The minimum Gasteiger partial charge on any atom is -0.306 e. The van der Waals surface area contributed by atoms with Crippen LogP contribution in [-0.4, -0.2) is 31.5 Å². The number of halogens is 2. The molecule has 0 aliphatic carbocycles. The van der Waals surface area contributed by atoms with Crippen molar-refractivity contribution in [2.24, 2.45) is 11.3 Å². The fourth-order valence-electron chi connectivity index (χ4n) is 2.33. The first-order chi connectivity index (χ1) is 5.99. The highest BCUT2D eigenvalue weighted by Gasteiger charge is 2.41. The Morgan fingerprint density at radius 1 is 1.54 bits per heavy atom. The van der Waals surface area contributed by atoms with Crippen molar-refractivity contribution in [2.75, 3.05) is 20.1 Å². The fourth-order valence-corrected chi connectivity index (χ4v) is 2.33. The van der Waals surface area contributed by atoms with Crippen molar-refractivity contribution in [3.63, 3.8) is 0 Å². The molecule has 1 aliphatic heterocycles. The van der Waals surface area contributed by atoms with E-state index in [1.807, 2.05) is 20.9 Å². The van der Waals surface area contributed by atoms with Gasteiger partial charge in [0.2, 0.25) is 6.43 Å². The van der Waals surface area contributed by atoms with Crippen LogP contribution in [-0.2, 0) is 0 Å². The summed E-state index contributed by atoms with van der Waals surface area (Å²) in [6, 6.07) is 0. The van der Waals surface area contributed by atoms with Gasteiger partial charge in [-0.2, -0.15) is 0 Å². The Kier molecular flexibility index (Phi) is 3.28. The number of likely N-dealkylation sites (tertiary alicyclic amines) is 1. The number of hydrogen-bond acceptors (Lipinski definition) is 1. The highest BCUT2D eigenvalue weighted by molar-refractivity contribution is 4.89. The summed E-state index contributed by atoms with van der Waals surface area (Å²) in [7, 11) is 2.01. The van der Waals surface area contributed by atoms with Gasteiger partial charge in [-0.1, -0.05) is 13.8 Å². The molecule has 0 radical (unpaired) electrons. The number of piperidine rings is 1. The third kappa shape index (κ3) is 2.19. The van der Waals surface area contributed by atoms with Gasteiger partial charge in [0.15, 0.2) is 0 Å². The summed E-state index contributed by atoms with van der Waals surface area (Å²) >= 11 is 0. The van der Waals surface area contributed by atoms with Crippen LogP contribution in [0.15, 0.2) is 0 Å². The Bertz CT molecular complexity index is 172. The maximum Gasteiger partial charge on any atom is 0.242 e. The van der Waals surface area contributed by atoms with Crippen LogP contribution in [0.2, 0.25) is 0 Å². The third-order valence-corrected chi connectivity index (χ3v) is 3.46. The molecule has 0 aromatic heterocycles. The van der Waals surface area contributed by atoms with Gasteiger partial charge in [-0.05, 0) is 31.8 Å². The lowest BCUT2D eigenvalue weighted by Gasteiger charge is -2.44. The molecule has 13 heavy (non-hydrogen) atoms. The molecule has 1 rings (SSSR count). The van der Waals surface area contributed by atoms with Gasteiger partial charge in [0.1, 0.15) is 0 Å². The number of nitrogens with zero attached hydrogens (tertiary/aromatic N) is 1. The van der Waals surface area contributed by atoms with E-state index in [0.29, 0.717) is 6.42 Å². The van der Waals surface area contributed by atoms with Gasteiger partial charge in [-0.3, -0.25) is 0 Å². The van der Waals surface area contributed by atoms with Crippen LogP contribution >= 0.6 is 0 Å². The van der Waals surface area contributed by atoms with Gasteiger partial charge in [0, 0.05) is 12.5 Å². The summed E-state index contributed by atoms with van der Waals surface area (Å²) in [5, 5.41) is 0. The second kappa shape index (κ2) is 3.91. The van der Waals surface area contributed by atoms with Gasteiger partial charge in [-0.25, -0.2) is 8.78 Å². The van der Waals surface area contributed by atoms with Crippen LogP contribution in [0.5, 0.6) is 0 Å². The van der Waals surface area contributed by atoms with E-state index in [2.05, 4.69) is 4.90 Å². The van der Waals surface area contributed by atoms with Crippen LogP contribution in [0.3, 0.4) is 0 Å². The lowest BCUT2D eigenvalue weighted by Crippen LogP contribution is -2.47. The first-order valence-corrected chi connectivity index (χ1v) is 4.96. The lowest BCUT2D eigenvalue weighted by molar-refractivity contribution is -0.0492. The van der Waals surface area contributed by atoms with Crippen molar-refractivity contribution < 1.29 is 8.78 Å². The van der Waals surface area contributed by atoms with E-state index < -0.39 is 12.3 Å². The number of rotatable bonds is 2. The molecule has 1 fully saturated rings. The predicted molar refractivity (Wildman–Crippen MR) is 50.0 cm³/mol. The molecule has 1 heterocycles. The normalized spacial score (nSPS) is 36.9. The molecule has 0 aromatic rings. The topological polar surface area (TPSA) is 3.24 Å². The molecule has 1 saturated heterocycles. The van der Waals surface area contributed by atoms with Crippen LogP contribution in [0.25, 0.3) is 0 Å². The zero-order valence-corrected chi connectivity index (χ0v) is 8.69. The molecular formula is C10H19F2N. The molecule has 0 N–H and O–H groups in total. The second-order valence-corrected chi connectivity index (χ2v) is 4.47. The maximum atomic E-state index is 12.7. The number of hydrogen-bond donors (Lipinski definition) is 0. The van der Waals surface area contributed by atoms with E-state index >= 15 is 0 Å². The summed E-state index contributed by atoms with van der Waals surface area (Å²) in [5.74, 6) is -0.409. The molecule has 0 saturated carbocycles. The van der Waals surface area contributed by atoms with Crippen LogP contribution < -0.4 is 0 Å². The van der Waals surface area contributed by atoms with Crippen molar-refractivity contribution in [3.05, 3.63) is 0 Å². The average molecular weight is 191 g/mol. The smallest absolute Gasteiger partial charge is 0.242 e. The minimum absolute atomic E-state index is 0.193. The van der Waals surface area contributed by atoms with Crippen molar-refractivity contribution >= 4 is 0 Å². The predicted octanol–water partition coefficient (Wildman–Crippen LogP) is 2.62. The molecule has 0 bridgehead atoms. The van der Waals surface area contributed by atoms with Crippen molar-refractivity contribution in [1.29, 1.82) is 0 Å². The first kappa shape index (κ1) is 10.9. The van der Waals surface area contributed by atoms with Gasteiger partial charge in [-0.15, -0.1) is 0 Å². The van der Waals surface area contributed by atoms with Gasteiger partial charge < -0.3 is 4.90 Å². The number of alkyl halides is 2. The summed E-state index contributed by atoms with van der Waals surface area (Å²) in [4.78, 5) is 2.16. The zero-order valence-electron chi connectivity index (χ0n) is 8.69. The zero-order chi connectivity index (χ0) is 10.1. The third-order valence-electron chi connectivity index (χ3n) is 3.46. The standard InChI is InChI=1S/C10H19F2N/c1-4-10(2)7-13(3)6-5-8(10)9(11)12/h8-9H,4-7H2,1-3H3/t8-,10-/m1/s1. The lowest BCUT2D eigenvalue weighted by atomic mass is 9.71. The summed E-state index contributed by atoms with van der Waals surface area (Å²) in [6.07, 6.45) is -0.677. The van der Waals surface area contributed by atoms with E-state index in [1.165, 1.54) is 0 Å². The molecule has 1 aliphatic rings. The molecule has 0 unspecified atom stereocenters. The van der Waals surface area contributed by atoms with E-state index in [-0.39, 0.29) is 5.41 Å². The largest absolute Gasteiger partial charge is 0.306 e. The summed E-state index contributed by atoms with van der Waals surface area (Å²) in [5.41, 5.74) is -0.193. The van der Waals surface area contributed by atoms with Crippen LogP contribution in [0, 0.1) is 11.3 Å². The summed E-state index contributed by atoms with van der Waals surface area (Å²) in [6.45, 7) is 5.61. The molecule has 2 atom stereocenters. The Balaban J connectivity index is 2.72. The quantitative estimate of drug-likeness (QED) is 0.648. The summed E-state index contributed by atoms with van der Waals surface area (Å²) < 4.78 is 25.4. The SMILES string of the molecule is CC[C@]1(C)CN(C)CC[C@@H]1C(F)F. The highest BCUT2D eigenvalue weighted by Crippen LogP contribution is 2.41. The van der Waals surface area contributed by atoms with Crippen molar-refractivity contribution in [2.45, 2.75) is 33.1 Å². The van der Waals surface area contributed by atoms with E-state index in [9.17, 15) is 8.78 Å². The van der Waals surface area contributed by atoms with Gasteiger partial charge >= 0.3 is 0 Å². The van der Waals surface area contributed by atoms with E-state index in [4.69, 9.17) is 0 Å². The molecule has 0 aromatic carbocycles. The Morgan fingerprint density at radius 3 is 2.62 bits per heavy atom. The molecule has 0 spiro atoms. The Labute approximate surface area is 79.1 Å². The molecule has 0 amide bonds. The Morgan fingerprint density at radius 2 is 2.15 bits per heavy atom. The van der Waals surface area contributed by atoms with Crippen molar-refractivity contribution in [3.8, 4) is 0 Å². The molecule has 1 nitrogen and oxygen atoms in total. The molecule has 3 heteroatoms. The van der Waals surface area contributed by atoms with Gasteiger partial charge in [0.25, 0.3) is 0 Å². The fraction of sp³-hybridized carbons (Fsp3) is 1.00. The molecular weight excluding hydrogens is 172 g/mol. The average Bonchev–Trinajstić information content (AvgIpc) is 2.03. The molecule has 78 valence electrons. The van der Waals surface area contributed by atoms with E-state index in [1.54, 1.807) is 0 Å². The second-order valence-electron chi connectivity index (χ2n) is 4.47. The maximum absolute atomic E-state index is 12.7. The van der Waals surface area contributed by atoms with Gasteiger partial charge in [0.05, 0.1) is 0 Å².